The molecule has 0 heterocycles. The fourth-order valence-electron chi connectivity index (χ4n) is 1.89. The number of rotatable bonds is 4. The summed E-state index contributed by atoms with van der Waals surface area (Å²) in [5, 5.41) is 13.4. The summed E-state index contributed by atoms with van der Waals surface area (Å²) in [5.41, 5.74) is 1.70. The molecule has 2 rings (SSSR count). The van der Waals surface area contributed by atoms with E-state index in [2.05, 4.69) is 5.32 Å². The predicted octanol–water partition coefficient (Wildman–Crippen LogP) is 4.86. The van der Waals surface area contributed by atoms with Gasteiger partial charge in [0.1, 0.15) is 0 Å². The Morgan fingerprint density at radius 3 is 2.30 bits per heavy atom. The van der Waals surface area contributed by atoms with E-state index in [4.69, 9.17) is 23.2 Å². The first-order valence-corrected chi connectivity index (χ1v) is 6.78. The Labute approximate surface area is 127 Å². The molecule has 0 spiro atoms. The minimum atomic E-state index is -1.02. The molecular formula is C15H13Cl2NO2. The molecule has 2 N–H and O–H groups in total. The Kier molecular flexibility index (Phi) is 4.53. The first-order chi connectivity index (χ1) is 9.47. The van der Waals surface area contributed by atoms with Crippen molar-refractivity contribution in [1.29, 1.82) is 0 Å². The van der Waals surface area contributed by atoms with Crippen molar-refractivity contribution in [1.82, 2.24) is 0 Å². The van der Waals surface area contributed by atoms with Crippen LogP contribution in [0.2, 0.25) is 10.0 Å². The van der Waals surface area contributed by atoms with Crippen LogP contribution in [0.1, 0.15) is 28.9 Å². The third-order valence-electron chi connectivity index (χ3n) is 2.95. The molecule has 0 aliphatic rings. The molecule has 0 amide bonds. The summed E-state index contributed by atoms with van der Waals surface area (Å²) in [7, 11) is 0. The summed E-state index contributed by atoms with van der Waals surface area (Å²) in [6.45, 7) is 1.95. The standard InChI is InChI=1S/C15H13Cl2NO2/c1-9(10-2-4-11(16)5-3-10)18-14-7-6-12(17)8-13(14)15(19)20/h2-9,18H,1H3,(H,19,20). The Morgan fingerprint density at radius 2 is 1.70 bits per heavy atom. The molecule has 0 radical (unpaired) electrons. The summed E-state index contributed by atoms with van der Waals surface area (Å²) in [5.74, 6) is -1.02. The zero-order chi connectivity index (χ0) is 14.7. The van der Waals surface area contributed by atoms with Crippen molar-refractivity contribution in [3.8, 4) is 0 Å². The maximum absolute atomic E-state index is 11.2. The summed E-state index contributed by atoms with van der Waals surface area (Å²) >= 11 is 11.7. The Hall–Kier alpha value is -1.71. The van der Waals surface area contributed by atoms with Crippen molar-refractivity contribution in [2.45, 2.75) is 13.0 Å². The molecule has 0 saturated carbocycles. The third-order valence-corrected chi connectivity index (χ3v) is 3.44. The molecule has 0 saturated heterocycles. The number of aromatic carboxylic acids is 1. The van der Waals surface area contributed by atoms with Crippen LogP contribution in [-0.2, 0) is 0 Å². The summed E-state index contributed by atoms with van der Waals surface area (Å²) in [4.78, 5) is 11.2. The highest BCUT2D eigenvalue weighted by atomic mass is 35.5. The van der Waals surface area contributed by atoms with Crippen molar-refractivity contribution in [2.24, 2.45) is 0 Å². The van der Waals surface area contributed by atoms with Gasteiger partial charge in [0.15, 0.2) is 0 Å². The van der Waals surface area contributed by atoms with Crippen LogP contribution in [0.4, 0.5) is 5.69 Å². The second-order valence-electron chi connectivity index (χ2n) is 4.41. The van der Waals surface area contributed by atoms with Gasteiger partial charge in [0, 0.05) is 21.8 Å². The van der Waals surface area contributed by atoms with Gasteiger partial charge in [-0.2, -0.15) is 0 Å². The van der Waals surface area contributed by atoms with Crippen LogP contribution in [0.25, 0.3) is 0 Å². The lowest BCUT2D eigenvalue weighted by molar-refractivity contribution is 0.0698. The average molecular weight is 310 g/mol. The van der Waals surface area contributed by atoms with Gasteiger partial charge in [0.2, 0.25) is 0 Å². The lowest BCUT2D eigenvalue weighted by Gasteiger charge is -2.17. The molecule has 1 atom stereocenters. The first-order valence-electron chi connectivity index (χ1n) is 6.02. The number of anilines is 1. The highest BCUT2D eigenvalue weighted by molar-refractivity contribution is 6.31. The molecule has 3 nitrogen and oxygen atoms in total. The molecule has 0 aromatic heterocycles. The molecule has 0 aliphatic heterocycles. The van der Waals surface area contributed by atoms with Crippen molar-refractivity contribution in [3.05, 3.63) is 63.6 Å². The van der Waals surface area contributed by atoms with E-state index in [1.165, 1.54) is 6.07 Å². The van der Waals surface area contributed by atoms with Gasteiger partial charge in [-0.25, -0.2) is 4.79 Å². The third kappa shape index (κ3) is 3.44. The van der Waals surface area contributed by atoms with Crippen LogP contribution in [0.15, 0.2) is 42.5 Å². The molecule has 2 aromatic rings. The van der Waals surface area contributed by atoms with Crippen LogP contribution in [-0.4, -0.2) is 11.1 Å². The molecule has 0 fully saturated rings. The van der Waals surface area contributed by atoms with Crippen LogP contribution in [0.5, 0.6) is 0 Å². The number of carbonyl (C=O) groups is 1. The van der Waals surface area contributed by atoms with Crippen LogP contribution in [0.3, 0.4) is 0 Å². The fourth-order valence-corrected chi connectivity index (χ4v) is 2.19. The van der Waals surface area contributed by atoms with E-state index >= 15 is 0 Å². The van der Waals surface area contributed by atoms with Gasteiger partial charge in [0.25, 0.3) is 0 Å². The van der Waals surface area contributed by atoms with Gasteiger partial charge in [-0.15, -0.1) is 0 Å². The van der Waals surface area contributed by atoms with Crippen molar-refractivity contribution < 1.29 is 9.90 Å². The number of halogens is 2. The van der Waals surface area contributed by atoms with Gasteiger partial charge < -0.3 is 10.4 Å². The SMILES string of the molecule is CC(Nc1ccc(Cl)cc1C(=O)O)c1ccc(Cl)cc1. The topological polar surface area (TPSA) is 49.3 Å². The summed E-state index contributed by atoms with van der Waals surface area (Å²) < 4.78 is 0. The van der Waals surface area contributed by atoms with E-state index < -0.39 is 5.97 Å². The molecule has 104 valence electrons. The van der Waals surface area contributed by atoms with E-state index in [9.17, 15) is 9.90 Å². The van der Waals surface area contributed by atoms with E-state index in [1.807, 2.05) is 19.1 Å². The second kappa shape index (κ2) is 6.16. The number of carboxylic acid groups (broad SMARTS) is 1. The zero-order valence-electron chi connectivity index (χ0n) is 10.7. The number of nitrogens with one attached hydrogen (secondary N) is 1. The van der Waals surface area contributed by atoms with Crippen LogP contribution < -0.4 is 5.32 Å². The Morgan fingerprint density at radius 1 is 1.10 bits per heavy atom. The Balaban J connectivity index is 2.25. The molecular weight excluding hydrogens is 297 g/mol. The second-order valence-corrected chi connectivity index (χ2v) is 5.29. The zero-order valence-corrected chi connectivity index (χ0v) is 12.2. The average Bonchev–Trinajstić information content (AvgIpc) is 2.41. The number of carboxylic acids is 1. The largest absolute Gasteiger partial charge is 0.478 e. The summed E-state index contributed by atoms with van der Waals surface area (Å²) in [6.07, 6.45) is 0. The smallest absolute Gasteiger partial charge is 0.337 e. The molecule has 20 heavy (non-hydrogen) atoms. The minimum Gasteiger partial charge on any atom is -0.478 e. The highest BCUT2D eigenvalue weighted by Gasteiger charge is 2.13. The van der Waals surface area contributed by atoms with E-state index in [-0.39, 0.29) is 11.6 Å². The van der Waals surface area contributed by atoms with E-state index in [1.54, 1.807) is 24.3 Å². The van der Waals surface area contributed by atoms with Crippen LogP contribution in [0, 0.1) is 0 Å². The van der Waals surface area contributed by atoms with Gasteiger partial charge in [-0.3, -0.25) is 0 Å². The first kappa shape index (κ1) is 14.7. The maximum Gasteiger partial charge on any atom is 0.337 e. The number of hydrogen-bond donors (Lipinski definition) is 2. The van der Waals surface area contributed by atoms with Crippen molar-refractivity contribution in [2.75, 3.05) is 5.32 Å². The number of hydrogen-bond acceptors (Lipinski definition) is 2. The Bertz CT molecular complexity index is 626. The maximum atomic E-state index is 11.2. The lowest BCUT2D eigenvalue weighted by atomic mass is 10.1. The molecule has 0 aliphatic carbocycles. The van der Waals surface area contributed by atoms with E-state index in [0.717, 1.165) is 5.56 Å². The quantitative estimate of drug-likeness (QED) is 0.847. The normalized spacial score (nSPS) is 11.9. The van der Waals surface area contributed by atoms with E-state index in [0.29, 0.717) is 15.7 Å². The fraction of sp³-hybridized carbons (Fsp3) is 0.133. The van der Waals surface area contributed by atoms with Crippen molar-refractivity contribution in [3.63, 3.8) is 0 Å². The summed E-state index contributed by atoms with van der Waals surface area (Å²) in [6, 6.07) is 12.1. The predicted molar refractivity (Wildman–Crippen MR) is 81.9 cm³/mol. The minimum absolute atomic E-state index is 0.0495. The van der Waals surface area contributed by atoms with Gasteiger partial charge in [-0.05, 0) is 42.8 Å². The molecule has 0 bridgehead atoms. The molecule has 1 unspecified atom stereocenters. The number of benzene rings is 2. The van der Waals surface area contributed by atoms with Gasteiger partial charge >= 0.3 is 5.97 Å². The van der Waals surface area contributed by atoms with Crippen molar-refractivity contribution >= 4 is 34.9 Å². The monoisotopic (exact) mass is 309 g/mol. The molecule has 2 aromatic carbocycles. The van der Waals surface area contributed by atoms with Gasteiger partial charge in [-0.1, -0.05) is 35.3 Å². The molecule has 5 heteroatoms. The van der Waals surface area contributed by atoms with Crippen LogP contribution >= 0.6 is 23.2 Å². The van der Waals surface area contributed by atoms with Gasteiger partial charge in [0.05, 0.1) is 5.56 Å². The highest BCUT2D eigenvalue weighted by Crippen LogP contribution is 2.26. The lowest BCUT2D eigenvalue weighted by Crippen LogP contribution is -2.10.